The van der Waals surface area contributed by atoms with Crippen LogP contribution in [0.2, 0.25) is 0 Å². The number of hydrogen-bond acceptors (Lipinski definition) is 7. The van der Waals surface area contributed by atoms with E-state index in [9.17, 15) is 14.4 Å². The molecule has 0 radical (unpaired) electrons. The van der Waals surface area contributed by atoms with Gasteiger partial charge in [-0.25, -0.2) is 9.97 Å². The van der Waals surface area contributed by atoms with Gasteiger partial charge in [-0.15, -0.1) is 0 Å². The van der Waals surface area contributed by atoms with Gasteiger partial charge in [0.2, 0.25) is 5.78 Å². The van der Waals surface area contributed by atoms with Crippen LogP contribution in [0.25, 0.3) is 11.3 Å². The fourth-order valence-corrected chi connectivity index (χ4v) is 3.52. The van der Waals surface area contributed by atoms with Gasteiger partial charge >= 0.3 is 0 Å². The number of aromatic nitrogens is 3. The smallest absolute Gasteiger partial charge is 0.287 e. The molecule has 1 unspecified atom stereocenters. The van der Waals surface area contributed by atoms with Crippen molar-refractivity contribution in [1.82, 2.24) is 19.7 Å². The predicted molar refractivity (Wildman–Crippen MR) is 103 cm³/mol. The molecular formula is C19H17N5O3S. The molecule has 1 aromatic carbocycles. The van der Waals surface area contributed by atoms with Crippen molar-refractivity contribution in [3.63, 3.8) is 0 Å². The van der Waals surface area contributed by atoms with Gasteiger partial charge in [-0.05, 0) is 30.1 Å². The number of rotatable bonds is 7. The Morgan fingerprint density at radius 2 is 1.93 bits per heavy atom. The molecule has 0 bridgehead atoms. The summed E-state index contributed by atoms with van der Waals surface area (Å²) in [5.41, 5.74) is 7.70. The summed E-state index contributed by atoms with van der Waals surface area (Å²) in [5, 5.41) is 2.62. The molecule has 1 atom stereocenters. The highest BCUT2D eigenvalue weighted by molar-refractivity contribution is 7.08. The second-order valence-corrected chi connectivity index (χ2v) is 6.78. The average Bonchev–Trinajstić information content (AvgIpc) is 3.09. The van der Waals surface area contributed by atoms with Crippen molar-refractivity contribution in [2.75, 3.05) is 0 Å². The summed E-state index contributed by atoms with van der Waals surface area (Å²) >= 11 is 0.998. The number of hydrogen-bond donors (Lipinski definition) is 2. The molecule has 0 aliphatic rings. The summed E-state index contributed by atoms with van der Waals surface area (Å²) in [6.07, 6.45) is 3.09. The van der Waals surface area contributed by atoms with Crippen molar-refractivity contribution in [3.8, 4) is 11.3 Å². The highest BCUT2D eigenvalue weighted by Crippen LogP contribution is 2.28. The molecule has 3 aromatic rings. The monoisotopic (exact) mass is 395 g/mol. The van der Waals surface area contributed by atoms with Crippen molar-refractivity contribution in [2.24, 2.45) is 5.73 Å². The maximum atomic E-state index is 12.9. The number of carbonyl (C=O) groups excluding carboxylic acids is 3. The summed E-state index contributed by atoms with van der Waals surface area (Å²) in [6, 6.07) is 9.65. The van der Waals surface area contributed by atoms with E-state index in [1.54, 1.807) is 31.3 Å². The molecule has 0 aliphatic heterocycles. The first-order valence-electron chi connectivity index (χ1n) is 8.38. The van der Waals surface area contributed by atoms with Gasteiger partial charge in [0.25, 0.3) is 11.8 Å². The van der Waals surface area contributed by atoms with Crippen LogP contribution in [0.5, 0.6) is 0 Å². The SMILES string of the molecule is Cc1nsc(C(=O)NC(Cc2ccccc2)C(=O)C(N)=O)c1-c1ccncn1. The van der Waals surface area contributed by atoms with Gasteiger partial charge in [0.15, 0.2) is 0 Å². The van der Waals surface area contributed by atoms with Crippen LogP contribution in [0.3, 0.4) is 0 Å². The van der Waals surface area contributed by atoms with Crippen LogP contribution in [0.1, 0.15) is 20.9 Å². The van der Waals surface area contributed by atoms with Gasteiger partial charge in [-0.1, -0.05) is 30.3 Å². The molecule has 3 N–H and O–H groups in total. The maximum Gasteiger partial charge on any atom is 0.287 e. The molecule has 2 heterocycles. The number of carbonyl (C=O) groups is 3. The number of Topliss-reactive ketones (excluding diaryl/α,β-unsaturated/α-hetero) is 1. The number of aryl methyl sites for hydroxylation is 1. The number of benzene rings is 1. The third-order valence-electron chi connectivity index (χ3n) is 4.05. The third-order valence-corrected chi connectivity index (χ3v) is 4.99. The van der Waals surface area contributed by atoms with Gasteiger partial charge in [0, 0.05) is 18.2 Å². The Morgan fingerprint density at radius 3 is 2.57 bits per heavy atom. The number of ketones is 1. The Kier molecular flexibility index (Phi) is 5.85. The Morgan fingerprint density at radius 1 is 1.18 bits per heavy atom. The van der Waals surface area contributed by atoms with E-state index in [0.29, 0.717) is 21.8 Å². The van der Waals surface area contributed by atoms with E-state index in [1.165, 1.54) is 6.33 Å². The van der Waals surface area contributed by atoms with E-state index in [0.717, 1.165) is 17.1 Å². The summed E-state index contributed by atoms with van der Waals surface area (Å²) < 4.78 is 4.23. The van der Waals surface area contributed by atoms with Crippen LogP contribution in [-0.2, 0) is 16.0 Å². The molecule has 3 rings (SSSR count). The molecule has 8 nitrogen and oxygen atoms in total. The van der Waals surface area contributed by atoms with Crippen molar-refractivity contribution in [3.05, 3.63) is 65.1 Å². The molecule has 0 saturated heterocycles. The normalized spacial score (nSPS) is 11.6. The quantitative estimate of drug-likeness (QED) is 0.581. The molecule has 9 heteroatoms. The molecule has 0 fully saturated rings. The summed E-state index contributed by atoms with van der Waals surface area (Å²) in [6.45, 7) is 1.76. The number of nitrogens with one attached hydrogen (secondary N) is 1. The van der Waals surface area contributed by atoms with Gasteiger partial charge in [-0.3, -0.25) is 14.4 Å². The van der Waals surface area contributed by atoms with Gasteiger partial charge in [0.1, 0.15) is 17.2 Å². The highest BCUT2D eigenvalue weighted by atomic mass is 32.1. The first kappa shape index (κ1) is 19.3. The van der Waals surface area contributed by atoms with E-state index < -0.39 is 23.6 Å². The Balaban J connectivity index is 1.89. The summed E-state index contributed by atoms with van der Waals surface area (Å²) in [4.78, 5) is 44.9. The molecule has 2 aromatic heterocycles. The van der Waals surface area contributed by atoms with E-state index in [2.05, 4.69) is 19.7 Å². The van der Waals surface area contributed by atoms with Gasteiger partial charge in [-0.2, -0.15) is 4.37 Å². The van der Waals surface area contributed by atoms with Crippen LogP contribution in [0.15, 0.2) is 48.9 Å². The van der Waals surface area contributed by atoms with Crippen molar-refractivity contribution in [2.45, 2.75) is 19.4 Å². The zero-order valence-electron chi connectivity index (χ0n) is 15.0. The first-order chi connectivity index (χ1) is 13.5. The summed E-state index contributed by atoms with van der Waals surface area (Å²) in [5.74, 6) is -2.48. The molecular weight excluding hydrogens is 378 g/mol. The Bertz CT molecular complexity index is 1000. The van der Waals surface area contributed by atoms with Crippen LogP contribution < -0.4 is 11.1 Å². The minimum Gasteiger partial charge on any atom is -0.363 e. The Labute approximate surface area is 165 Å². The van der Waals surface area contributed by atoms with E-state index in [1.807, 2.05) is 18.2 Å². The van der Waals surface area contributed by atoms with E-state index >= 15 is 0 Å². The first-order valence-corrected chi connectivity index (χ1v) is 9.15. The van der Waals surface area contributed by atoms with Crippen molar-refractivity contribution >= 4 is 29.1 Å². The van der Waals surface area contributed by atoms with Gasteiger partial charge in [0.05, 0.1) is 11.4 Å². The van der Waals surface area contributed by atoms with Crippen molar-refractivity contribution < 1.29 is 14.4 Å². The lowest BCUT2D eigenvalue weighted by Crippen LogP contribution is -2.47. The van der Waals surface area contributed by atoms with Gasteiger partial charge < -0.3 is 11.1 Å². The number of amides is 2. The predicted octanol–water partition coefficient (Wildman–Crippen LogP) is 1.30. The lowest BCUT2D eigenvalue weighted by molar-refractivity contribution is -0.137. The van der Waals surface area contributed by atoms with E-state index in [-0.39, 0.29) is 6.42 Å². The molecule has 142 valence electrons. The summed E-state index contributed by atoms with van der Waals surface area (Å²) in [7, 11) is 0. The lowest BCUT2D eigenvalue weighted by Gasteiger charge is -2.16. The van der Waals surface area contributed by atoms with E-state index in [4.69, 9.17) is 5.73 Å². The standard InChI is InChI=1S/C19H17N5O3S/c1-11-15(13-7-8-21-10-22-13)17(28-24-11)19(27)23-14(16(25)18(20)26)9-12-5-3-2-4-6-12/h2-8,10,14H,9H2,1H3,(H2,20,26)(H,23,27). The van der Waals surface area contributed by atoms with Crippen LogP contribution in [0, 0.1) is 6.92 Å². The van der Waals surface area contributed by atoms with Crippen LogP contribution >= 0.6 is 11.5 Å². The fourth-order valence-electron chi connectivity index (χ4n) is 2.72. The zero-order chi connectivity index (χ0) is 20.1. The van der Waals surface area contributed by atoms with Crippen molar-refractivity contribution in [1.29, 1.82) is 0 Å². The van der Waals surface area contributed by atoms with Crippen LogP contribution in [0.4, 0.5) is 0 Å². The number of primary amides is 1. The second-order valence-electron chi connectivity index (χ2n) is 6.01. The molecule has 2 amide bonds. The largest absolute Gasteiger partial charge is 0.363 e. The second kappa shape index (κ2) is 8.49. The highest BCUT2D eigenvalue weighted by Gasteiger charge is 2.28. The van der Waals surface area contributed by atoms with Crippen LogP contribution in [-0.4, -0.2) is 38.0 Å². The molecule has 0 spiro atoms. The number of nitrogens with two attached hydrogens (primary N) is 1. The number of nitrogens with zero attached hydrogens (tertiary/aromatic N) is 3. The topological polar surface area (TPSA) is 128 Å². The minimum absolute atomic E-state index is 0.148. The molecule has 0 saturated carbocycles. The molecule has 0 aliphatic carbocycles. The maximum absolute atomic E-state index is 12.9. The minimum atomic E-state index is -1.10. The fraction of sp³-hybridized carbons (Fsp3) is 0.158. The third kappa shape index (κ3) is 4.26. The average molecular weight is 395 g/mol. The molecule has 28 heavy (non-hydrogen) atoms. The Hall–Kier alpha value is -3.46. The zero-order valence-corrected chi connectivity index (χ0v) is 15.8. The lowest BCUT2D eigenvalue weighted by atomic mass is 10.0.